The van der Waals surface area contributed by atoms with Gasteiger partial charge in [-0.15, -0.1) is 0 Å². The third-order valence-electron chi connectivity index (χ3n) is 4.49. The Morgan fingerprint density at radius 1 is 1.28 bits per heavy atom. The van der Waals surface area contributed by atoms with Crippen LogP contribution >= 0.6 is 0 Å². The first-order chi connectivity index (χ1) is 12.2. The summed E-state index contributed by atoms with van der Waals surface area (Å²) in [4.78, 5) is 30.1. The van der Waals surface area contributed by atoms with Crippen LogP contribution in [0.15, 0.2) is 42.7 Å². The molecule has 1 fully saturated rings. The SMILES string of the molecule is O=C(Nc1cccc(OCC(=O)N2CCc3cnccc32)c1)C1CC1. The molecule has 1 aromatic heterocycles. The number of hydrogen-bond acceptors (Lipinski definition) is 4. The maximum absolute atomic E-state index is 12.5. The van der Waals surface area contributed by atoms with Gasteiger partial charge in [0.25, 0.3) is 5.91 Å². The number of aromatic nitrogens is 1. The van der Waals surface area contributed by atoms with Crippen LogP contribution in [0.3, 0.4) is 0 Å². The van der Waals surface area contributed by atoms with Crippen molar-refractivity contribution < 1.29 is 14.3 Å². The maximum Gasteiger partial charge on any atom is 0.264 e. The van der Waals surface area contributed by atoms with Crippen LogP contribution in [0.5, 0.6) is 5.75 Å². The van der Waals surface area contributed by atoms with Gasteiger partial charge in [-0.25, -0.2) is 0 Å². The number of pyridine rings is 1. The number of nitrogens with zero attached hydrogens (tertiary/aromatic N) is 2. The summed E-state index contributed by atoms with van der Waals surface area (Å²) in [6, 6.07) is 9.00. The van der Waals surface area contributed by atoms with Crippen molar-refractivity contribution in [1.82, 2.24) is 4.98 Å². The van der Waals surface area contributed by atoms with Gasteiger partial charge < -0.3 is 15.0 Å². The van der Waals surface area contributed by atoms with Crippen LogP contribution in [0.25, 0.3) is 0 Å². The topological polar surface area (TPSA) is 71.5 Å². The standard InChI is InChI=1S/C19H19N3O3/c23-18(22-9-7-14-11-20-8-6-17(14)22)12-25-16-3-1-2-15(10-16)21-19(24)13-4-5-13/h1-3,6,8,10-11,13H,4-5,7,9,12H2,(H,21,24). The van der Waals surface area contributed by atoms with E-state index in [1.165, 1.54) is 0 Å². The van der Waals surface area contributed by atoms with Crippen molar-refractivity contribution in [2.75, 3.05) is 23.4 Å². The minimum Gasteiger partial charge on any atom is -0.484 e. The van der Waals surface area contributed by atoms with Crippen LogP contribution in [-0.2, 0) is 16.0 Å². The Bertz CT molecular complexity index is 817. The summed E-state index contributed by atoms with van der Waals surface area (Å²) < 4.78 is 5.64. The summed E-state index contributed by atoms with van der Waals surface area (Å²) in [7, 11) is 0. The molecule has 0 spiro atoms. The van der Waals surface area contributed by atoms with E-state index in [4.69, 9.17) is 4.74 Å². The molecule has 128 valence electrons. The second kappa shape index (κ2) is 6.55. The van der Waals surface area contributed by atoms with Gasteiger partial charge in [-0.05, 0) is 43.0 Å². The number of rotatable bonds is 5. The van der Waals surface area contributed by atoms with Crippen molar-refractivity contribution in [3.8, 4) is 5.75 Å². The number of carbonyl (C=O) groups is 2. The molecule has 2 aromatic rings. The van der Waals surface area contributed by atoms with Crippen molar-refractivity contribution in [2.45, 2.75) is 19.3 Å². The van der Waals surface area contributed by atoms with Gasteiger partial charge in [0, 0.05) is 36.6 Å². The van der Waals surface area contributed by atoms with Gasteiger partial charge in [0.2, 0.25) is 5.91 Å². The number of ether oxygens (including phenoxy) is 1. The van der Waals surface area contributed by atoms with Crippen LogP contribution in [0.1, 0.15) is 18.4 Å². The van der Waals surface area contributed by atoms with E-state index in [9.17, 15) is 9.59 Å². The third kappa shape index (κ3) is 3.47. The fourth-order valence-corrected chi connectivity index (χ4v) is 2.96. The van der Waals surface area contributed by atoms with Gasteiger partial charge in [-0.3, -0.25) is 14.6 Å². The van der Waals surface area contributed by atoms with E-state index in [1.54, 1.807) is 35.5 Å². The zero-order chi connectivity index (χ0) is 17.2. The lowest BCUT2D eigenvalue weighted by molar-refractivity contribution is -0.120. The molecular formula is C19H19N3O3. The third-order valence-corrected chi connectivity index (χ3v) is 4.49. The number of amides is 2. The Morgan fingerprint density at radius 3 is 3.00 bits per heavy atom. The van der Waals surface area contributed by atoms with Gasteiger partial charge in [0.1, 0.15) is 5.75 Å². The molecule has 6 heteroatoms. The summed E-state index contributed by atoms with van der Waals surface area (Å²) in [6.07, 6.45) is 6.23. The Labute approximate surface area is 145 Å². The van der Waals surface area contributed by atoms with Crippen molar-refractivity contribution in [3.05, 3.63) is 48.3 Å². The Kier molecular flexibility index (Phi) is 4.09. The normalized spacial score (nSPS) is 15.6. The zero-order valence-electron chi connectivity index (χ0n) is 13.8. The number of anilines is 2. The Hall–Kier alpha value is -2.89. The molecule has 0 unspecified atom stereocenters. The molecule has 2 amide bonds. The lowest BCUT2D eigenvalue weighted by Gasteiger charge is -2.17. The summed E-state index contributed by atoms with van der Waals surface area (Å²) in [5, 5.41) is 2.88. The molecule has 0 saturated heterocycles. The molecule has 25 heavy (non-hydrogen) atoms. The molecule has 0 radical (unpaired) electrons. The number of hydrogen-bond donors (Lipinski definition) is 1. The minimum atomic E-state index is -0.0858. The lowest BCUT2D eigenvalue weighted by Crippen LogP contribution is -2.33. The molecule has 1 aliphatic carbocycles. The first kappa shape index (κ1) is 15.6. The quantitative estimate of drug-likeness (QED) is 0.909. The van der Waals surface area contributed by atoms with E-state index in [-0.39, 0.29) is 24.3 Å². The van der Waals surface area contributed by atoms with E-state index in [1.807, 2.05) is 12.1 Å². The molecule has 2 heterocycles. The largest absolute Gasteiger partial charge is 0.484 e. The second-order valence-electron chi connectivity index (χ2n) is 6.38. The highest BCUT2D eigenvalue weighted by Gasteiger charge is 2.29. The van der Waals surface area contributed by atoms with Gasteiger partial charge in [-0.2, -0.15) is 0 Å². The van der Waals surface area contributed by atoms with Crippen molar-refractivity contribution >= 4 is 23.2 Å². The van der Waals surface area contributed by atoms with Crippen LogP contribution in [0.4, 0.5) is 11.4 Å². The van der Waals surface area contributed by atoms with E-state index in [2.05, 4.69) is 10.3 Å². The van der Waals surface area contributed by atoms with Gasteiger partial charge in [0.05, 0.1) is 5.69 Å². The average molecular weight is 337 g/mol. The second-order valence-corrected chi connectivity index (χ2v) is 6.38. The predicted molar refractivity (Wildman–Crippen MR) is 93.6 cm³/mol. The zero-order valence-corrected chi connectivity index (χ0v) is 13.8. The Morgan fingerprint density at radius 2 is 2.16 bits per heavy atom. The van der Waals surface area contributed by atoms with Crippen molar-refractivity contribution in [2.24, 2.45) is 5.92 Å². The molecule has 4 rings (SSSR count). The van der Waals surface area contributed by atoms with Crippen molar-refractivity contribution in [1.29, 1.82) is 0 Å². The van der Waals surface area contributed by atoms with E-state index in [0.717, 1.165) is 30.5 Å². The number of fused-ring (bicyclic) bond motifs is 1. The average Bonchev–Trinajstić information content (AvgIpc) is 3.39. The van der Waals surface area contributed by atoms with E-state index >= 15 is 0 Å². The van der Waals surface area contributed by atoms with Gasteiger partial charge >= 0.3 is 0 Å². The number of benzene rings is 1. The van der Waals surface area contributed by atoms with Crippen molar-refractivity contribution in [3.63, 3.8) is 0 Å². The monoisotopic (exact) mass is 337 g/mol. The molecule has 1 aliphatic heterocycles. The molecule has 2 aliphatic rings. The highest BCUT2D eigenvalue weighted by molar-refractivity contribution is 5.96. The highest BCUT2D eigenvalue weighted by atomic mass is 16.5. The number of carbonyl (C=O) groups excluding carboxylic acids is 2. The fraction of sp³-hybridized carbons (Fsp3) is 0.316. The molecule has 1 N–H and O–H groups in total. The lowest BCUT2D eigenvalue weighted by atomic mass is 10.2. The minimum absolute atomic E-state index is 0.0399. The summed E-state index contributed by atoms with van der Waals surface area (Å²) in [5.74, 6) is 0.680. The van der Waals surface area contributed by atoms with Gasteiger partial charge in [-0.1, -0.05) is 6.07 Å². The summed E-state index contributed by atoms with van der Waals surface area (Å²) >= 11 is 0. The van der Waals surface area contributed by atoms with Crippen LogP contribution in [-0.4, -0.2) is 29.9 Å². The summed E-state index contributed by atoms with van der Waals surface area (Å²) in [6.45, 7) is 0.614. The van der Waals surface area contributed by atoms with Gasteiger partial charge in [0.15, 0.2) is 6.61 Å². The smallest absolute Gasteiger partial charge is 0.264 e. The first-order valence-corrected chi connectivity index (χ1v) is 8.48. The van der Waals surface area contributed by atoms with Crippen LogP contribution in [0.2, 0.25) is 0 Å². The molecule has 0 bridgehead atoms. The summed E-state index contributed by atoms with van der Waals surface area (Å²) in [5.41, 5.74) is 2.69. The fourth-order valence-electron chi connectivity index (χ4n) is 2.96. The molecule has 6 nitrogen and oxygen atoms in total. The molecule has 1 saturated carbocycles. The molecule has 1 aromatic carbocycles. The molecular weight excluding hydrogens is 318 g/mol. The highest BCUT2D eigenvalue weighted by Crippen LogP contribution is 2.31. The maximum atomic E-state index is 12.5. The van der Waals surface area contributed by atoms with Crippen LogP contribution < -0.4 is 15.0 Å². The van der Waals surface area contributed by atoms with Crippen LogP contribution in [0, 0.1) is 5.92 Å². The molecule has 0 atom stereocenters. The Balaban J connectivity index is 1.36. The number of nitrogens with one attached hydrogen (secondary N) is 1. The first-order valence-electron chi connectivity index (χ1n) is 8.48. The van der Waals surface area contributed by atoms with E-state index < -0.39 is 0 Å². The van der Waals surface area contributed by atoms with E-state index in [0.29, 0.717) is 18.0 Å². The predicted octanol–water partition coefficient (Wildman–Crippen LogP) is 2.40.